The van der Waals surface area contributed by atoms with Crippen LogP contribution in [-0.2, 0) is 6.42 Å². The van der Waals surface area contributed by atoms with Gasteiger partial charge in [-0.2, -0.15) is 0 Å². The molecular formula is C48H33N3O2. The summed E-state index contributed by atoms with van der Waals surface area (Å²) in [6.07, 6.45) is 9.99. The molecule has 0 saturated carbocycles. The highest BCUT2D eigenvalue weighted by molar-refractivity contribution is 6.10. The van der Waals surface area contributed by atoms with E-state index in [0.29, 0.717) is 0 Å². The van der Waals surface area contributed by atoms with Crippen LogP contribution < -0.4 is 0 Å². The largest absolute Gasteiger partial charge is 0.460 e. The van der Waals surface area contributed by atoms with Gasteiger partial charge in [0.05, 0.1) is 27.6 Å². The average Bonchev–Trinajstić information content (AvgIpc) is 3.94. The highest BCUT2D eigenvalue weighted by Crippen LogP contribution is 2.40. The van der Waals surface area contributed by atoms with E-state index in [1.165, 1.54) is 38.4 Å². The molecule has 11 rings (SSSR count). The minimum Gasteiger partial charge on any atom is -0.460 e. The standard InChI is InChI=1S/C48H33N3O2/c1-29(17-21-44-30(2)37-27-32(19-23-45(37)52-44)50-40-13-6-3-10-34(40)35-11-4-7-14-41(35)50)31-18-22-46-38(26-31)39-28-33(20-24-47(39)53-46)51-42-15-8-5-12-36(42)48-43(51)16-9-25-49-48/h3-19,21-23,25-28H,1,20,24H2,2H3/b21-17-. The maximum atomic E-state index is 6.41. The van der Waals surface area contributed by atoms with Gasteiger partial charge in [0.15, 0.2) is 0 Å². The lowest BCUT2D eigenvalue weighted by Gasteiger charge is -2.16. The number of hydrogen-bond acceptors (Lipinski definition) is 3. The lowest BCUT2D eigenvalue weighted by atomic mass is 9.97. The molecule has 0 bridgehead atoms. The molecule has 5 aromatic carbocycles. The van der Waals surface area contributed by atoms with Crippen LogP contribution in [0.3, 0.4) is 0 Å². The van der Waals surface area contributed by atoms with Crippen molar-refractivity contribution >= 4 is 89.1 Å². The second kappa shape index (κ2) is 11.3. The molecule has 53 heavy (non-hydrogen) atoms. The smallest absolute Gasteiger partial charge is 0.135 e. The molecule has 1 aliphatic rings. The van der Waals surface area contributed by atoms with Gasteiger partial charge in [-0.15, -0.1) is 0 Å². The minimum absolute atomic E-state index is 0.829. The van der Waals surface area contributed by atoms with Gasteiger partial charge in [-0.1, -0.05) is 73.3 Å². The number of benzene rings is 5. The predicted molar refractivity (Wildman–Crippen MR) is 219 cm³/mol. The molecule has 0 fully saturated rings. The third-order valence-corrected chi connectivity index (χ3v) is 11.0. The van der Waals surface area contributed by atoms with Crippen molar-refractivity contribution < 1.29 is 8.83 Å². The Morgan fingerprint density at radius 1 is 0.660 bits per heavy atom. The van der Waals surface area contributed by atoms with Gasteiger partial charge in [-0.05, 0) is 97.3 Å². The molecule has 5 heterocycles. The Morgan fingerprint density at radius 2 is 1.34 bits per heavy atom. The van der Waals surface area contributed by atoms with E-state index >= 15 is 0 Å². The summed E-state index contributed by atoms with van der Waals surface area (Å²) in [5.74, 6) is 1.86. The van der Waals surface area contributed by atoms with E-state index in [2.05, 4.69) is 150 Å². The molecule has 5 nitrogen and oxygen atoms in total. The zero-order valence-electron chi connectivity index (χ0n) is 29.1. The van der Waals surface area contributed by atoms with Crippen molar-refractivity contribution in [3.05, 3.63) is 168 Å². The summed E-state index contributed by atoms with van der Waals surface area (Å²) in [5, 5.41) is 5.87. The van der Waals surface area contributed by atoms with Gasteiger partial charge in [-0.25, -0.2) is 0 Å². The fraction of sp³-hybridized carbons (Fsp3) is 0.0625. The van der Waals surface area contributed by atoms with E-state index < -0.39 is 0 Å². The fourth-order valence-electron chi connectivity index (χ4n) is 8.46. The monoisotopic (exact) mass is 683 g/mol. The van der Waals surface area contributed by atoms with E-state index in [1.807, 2.05) is 18.3 Å². The van der Waals surface area contributed by atoms with Crippen LogP contribution in [-0.4, -0.2) is 14.1 Å². The Kier molecular flexibility index (Phi) is 6.38. The molecule has 0 atom stereocenters. The van der Waals surface area contributed by atoms with Crippen molar-refractivity contribution in [1.29, 1.82) is 0 Å². The number of fused-ring (bicyclic) bond motifs is 10. The highest BCUT2D eigenvalue weighted by atomic mass is 16.3. The lowest BCUT2D eigenvalue weighted by Crippen LogP contribution is -2.03. The second-order valence-corrected chi connectivity index (χ2v) is 14.0. The van der Waals surface area contributed by atoms with E-state index in [1.54, 1.807) is 0 Å². The summed E-state index contributed by atoms with van der Waals surface area (Å²) in [5.41, 5.74) is 14.0. The number of para-hydroxylation sites is 3. The van der Waals surface area contributed by atoms with Crippen LogP contribution in [0.25, 0.3) is 94.8 Å². The maximum Gasteiger partial charge on any atom is 0.135 e. The number of aromatic nitrogens is 3. The number of hydrogen-bond donors (Lipinski definition) is 0. The first-order valence-electron chi connectivity index (χ1n) is 18.1. The third-order valence-electron chi connectivity index (χ3n) is 11.0. The quantitative estimate of drug-likeness (QED) is 0.170. The van der Waals surface area contributed by atoms with E-state index in [-0.39, 0.29) is 0 Å². The van der Waals surface area contributed by atoms with Crippen molar-refractivity contribution in [1.82, 2.24) is 14.1 Å². The Labute approximate surface area is 305 Å². The number of allylic oxidation sites excluding steroid dienone is 3. The maximum absolute atomic E-state index is 6.41. The highest BCUT2D eigenvalue weighted by Gasteiger charge is 2.22. The number of aryl methyl sites for hydroxylation is 2. The predicted octanol–water partition coefficient (Wildman–Crippen LogP) is 12.8. The summed E-state index contributed by atoms with van der Waals surface area (Å²) in [4.78, 5) is 4.74. The first kappa shape index (κ1) is 29.8. The SMILES string of the molecule is C=C(/C=C\c1oc2ccc(-n3c4ccccc4c4ccccc43)cc2c1C)c1ccc2oc3c(c2c1)C=C(n1c2ccccc2c2ncccc21)CC3. The molecule has 252 valence electrons. The van der Waals surface area contributed by atoms with Crippen LogP contribution in [0.4, 0.5) is 0 Å². The second-order valence-electron chi connectivity index (χ2n) is 14.0. The summed E-state index contributed by atoms with van der Waals surface area (Å²) in [6.45, 7) is 6.60. The number of rotatable bonds is 5. The Morgan fingerprint density at radius 3 is 2.13 bits per heavy atom. The van der Waals surface area contributed by atoms with E-state index in [4.69, 9.17) is 13.8 Å². The molecule has 0 radical (unpaired) electrons. The Hall–Kier alpha value is -6.85. The zero-order valence-corrected chi connectivity index (χ0v) is 29.1. The normalized spacial score (nSPS) is 13.3. The number of nitrogens with zero attached hydrogens (tertiary/aromatic N) is 3. The van der Waals surface area contributed by atoms with Crippen molar-refractivity contribution in [3.63, 3.8) is 0 Å². The average molecular weight is 684 g/mol. The van der Waals surface area contributed by atoms with Crippen LogP contribution in [0.15, 0.2) is 149 Å². The molecule has 5 aromatic heterocycles. The first-order valence-corrected chi connectivity index (χ1v) is 18.1. The molecule has 0 aliphatic heterocycles. The minimum atomic E-state index is 0.829. The molecule has 0 N–H and O–H groups in total. The molecule has 0 saturated heterocycles. The van der Waals surface area contributed by atoms with Gasteiger partial charge in [0.2, 0.25) is 0 Å². The van der Waals surface area contributed by atoms with Crippen molar-refractivity contribution in [2.75, 3.05) is 0 Å². The van der Waals surface area contributed by atoms with Gasteiger partial charge in [0, 0.05) is 62.1 Å². The molecule has 0 unspecified atom stereocenters. The van der Waals surface area contributed by atoms with Crippen LogP contribution in [0.2, 0.25) is 0 Å². The molecule has 0 spiro atoms. The van der Waals surface area contributed by atoms with E-state index in [0.717, 1.165) is 85.3 Å². The lowest BCUT2D eigenvalue weighted by molar-refractivity contribution is 0.546. The van der Waals surface area contributed by atoms with E-state index in [9.17, 15) is 0 Å². The third kappa shape index (κ3) is 4.47. The van der Waals surface area contributed by atoms with Gasteiger partial charge in [0.1, 0.15) is 22.7 Å². The zero-order chi connectivity index (χ0) is 35.2. The molecule has 0 amide bonds. The number of furan rings is 2. The summed E-state index contributed by atoms with van der Waals surface area (Å²) in [7, 11) is 0. The van der Waals surface area contributed by atoms with Gasteiger partial charge >= 0.3 is 0 Å². The van der Waals surface area contributed by atoms with Crippen LogP contribution in [0, 0.1) is 6.92 Å². The topological polar surface area (TPSA) is 49.0 Å². The van der Waals surface area contributed by atoms with Crippen molar-refractivity contribution in [2.45, 2.75) is 19.8 Å². The molecule has 1 aliphatic carbocycles. The van der Waals surface area contributed by atoms with Crippen LogP contribution in [0.1, 0.15) is 34.6 Å². The van der Waals surface area contributed by atoms with Crippen LogP contribution in [0.5, 0.6) is 0 Å². The molecule has 5 heteroatoms. The molecular weight excluding hydrogens is 651 g/mol. The summed E-state index contributed by atoms with van der Waals surface area (Å²) < 4.78 is 17.5. The number of pyridine rings is 1. The summed E-state index contributed by atoms with van der Waals surface area (Å²) >= 11 is 0. The van der Waals surface area contributed by atoms with Gasteiger partial charge in [0.25, 0.3) is 0 Å². The Balaban J connectivity index is 0.938. The fourth-order valence-corrected chi connectivity index (χ4v) is 8.46. The van der Waals surface area contributed by atoms with Crippen LogP contribution >= 0.6 is 0 Å². The Bertz CT molecular complexity index is 3110. The molecule has 10 aromatic rings. The van der Waals surface area contributed by atoms with Crippen molar-refractivity contribution in [2.24, 2.45) is 0 Å². The summed E-state index contributed by atoms with van der Waals surface area (Å²) in [6, 6.07) is 42.8. The van der Waals surface area contributed by atoms with Gasteiger partial charge in [-0.3, -0.25) is 4.98 Å². The van der Waals surface area contributed by atoms with Gasteiger partial charge < -0.3 is 18.0 Å². The van der Waals surface area contributed by atoms with Crippen molar-refractivity contribution in [3.8, 4) is 5.69 Å². The first-order chi connectivity index (χ1) is 26.1.